The summed E-state index contributed by atoms with van der Waals surface area (Å²) < 4.78 is 67.2. The van der Waals surface area contributed by atoms with Crippen LogP contribution >= 0.6 is 0 Å². The van der Waals surface area contributed by atoms with Gasteiger partial charge in [-0.05, 0) is 12.1 Å². The lowest BCUT2D eigenvalue weighted by atomic mass is 10.2. The quantitative estimate of drug-likeness (QED) is 0.385. The molecule has 0 unspecified atom stereocenters. The molecule has 1 aromatic rings. The van der Waals surface area contributed by atoms with Gasteiger partial charge >= 0.3 is 21.6 Å². The Kier molecular flexibility index (Phi) is 4.84. The van der Waals surface area contributed by atoms with E-state index in [9.17, 15) is 26.4 Å². The van der Waals surface area contributed by atoms with Crippen molar-refractivity contribution in [2.75, 3.05) is 7.11 Å². The largest absolute Gasteiger partial charge is 0.534 e. The fraction of sp³-hybridized carbons (Fsp3) is 0.182. The standard InChI is InChI=1S/C11H9F3O6S/c1-19-9(10(15)16)6-7-4-2-3-5-8(7)20-21(17,18)11(12,13)14/h2-6H,1H3,(H,15,16). The zero-order valence-corrected chi connectivity index (χ0v) is 11.2. The van der Waals surface area contributed by atoms with Crippen molar-refractivity contribution in [3.05, 3.63) is 35.6 Å². The average Bonchev–Trinajstić information content (AvgIpc) is 2.35. The van der Waals surface area contributed by atoms with Crippen LogP contribution in [0.3, 0.4) is 0 Å². The number of halogens is 3. The highest BCUT2D eigenvalue weighted by atomic mass is 32.2. The maximum absolute atomic E-state index is 12.3. The normalized spacial score (nSPS) is 12.9. The topological polar surface area (TPSA) is 89.9 Å². The minimum atomic E-state index is -5.85. The van der Waals surface area contributed by atoms with E-state index in [4.69, 9.17) is 5.11 Å². The van der Waals surface area contributed by atoms with Crippen LogP contribution in [0.25, 0.3) is 6.08 Å². The summed E-state index contributed by atoms with van der Waals surface area (Å²) in [7, 11) is -4.82. The van der Waals surface area contributed by atoms with Crippen LogP contribution in [0, 0.1) is 0 Å². The van der Waals surface area contributed by atoms with Crippen molar-refractivity contribution in [2.24, 2.45) is 0 Å². The molecule has 0 aliphatic rings. The number of rotatable bonds is 5. The molecule has 6 nitrogen and oxygen atoms in total. The molecule has 0 atom stereocenters. The van der Waals surface area contributed by atoms with Crippen LogP contribution in [-0.4, -0.2) is 32.1 Å². The van der Waals surface area contributed by atoms with Crippen molar-refractivity contribution >= 4 is 22.2 Å². The molecule has 0 radical (unpaired) electrons. The maximum Gasteiger partial charge on any atom is 0.534 e. The molecule has 116 valence electrons. The minimum Gasteiger partial charge on any atom is -0.490 e. The molecule has 0 aliphatic carbocycles. The molecule has 1 rings (SSSR count). The molecular weight excluding hydrogens is 317 g/mol. The first-order valence-corrected chi connectivity index (χ1v) is 6.58. The molecule has 1 N–H and O–H groups in total. The summed E-state index contributed by atoms with van der Waals surface area (Å²) in [6.07, 6.45) is 0.837. The summed E-state index contributed by atoms with van der Waals surface area (Å²) in [6.45, 7) is 0. The number of carbonyl (C=O) groups is 1. The molecule has 0 heterocycles. The van der Waals surface area contributed by atoms with Crippen LogP contribution in [0.5, 0.6) is 5.75 Å². The maximum atomic E-state index is 12.3. The van der Waals surface area contributed by atoms with E-state index >= 15 is 0 Å². The van der Waals surface area contributed by atoms with Gasteiger partial charge in [0, 0.05) is 5.56 Å². The summed E-state index contributed by atoms with van der Waals surface area (Å²) in [5, 5.41) is 8.75. The summed E-state index contributed by atoms with van der Waals surface area (Å²) in [5.74, 6) is -2.76. The number of ether oxygens (including phenoxy) is 1. The lowest BCUT2D eigenvalue weighted by molar-refractivity contribution is -0.135. The van der Waals surface area contributed by atoms with Gasteiger partial charge in [0.2, 0.25) is 5.76 Å². The van der Waals surface area contributed by atoms with Crippen LogP contribution < -0.4 is 4.18 Å². The first kappa shape index (κ1) is 16.8. The monoisotopic (exact) mass is 326 g/mol. The van der Waals surface area contributed by atoms with Gasteiger partial charge in [0.25, 0.3) is 0 Å². The van der Waals surface area contributed by atoms with Crippen LogP contribution in [0.2, 0.25) is 0 Å². The molecule has 0 aliphatic heterocycles. The number of para-hydroxylation sites is 1. The van der Waals surface area contributed by atoms with E-state index in [2.05, 4.69) is 8.92 Å². The summed E-state index contributed by atoms with van der Waals surface area (Å²) >= 11 is 0. The van der Waals surface area contributed by atoms with Gasteiger partial charge in [-0.15, -0.1) is 0 Å². The van der Waals surface area contributed by atoms with Crippen molar-refractivity contribution in [3.8, 4) is 5.75 Å². The molecule has 10 heteroatoms. The first-order chi connectivity index (χ1) is 9.58. The van der Waals surface area contributed by atoms with Crippen molar-refractivity contribution in [3.63, 3.8) is 0 Å². The van der Waals surface area contributed by atoms with Crippen LogP contribution in [-0.2, 0) is 19.6 Å². The Bertz CT molecular complexity index is 663. The number of hydrogen-bond acceptors (Lipinski definition) is 5. The minimum absolute atomic E-state index is 0.204. The third-order valence-corrected chi connectivity index (χ3v) is 3.09. The van der Waals surface area contributed by atoms with E-state index in [1.165, 1.54) is 18.2 Å². The van der Waals surface area contributed by atoms with E-state index in [0.29, 0.717) is 0 Å². The number of carboxylic acid groups (broad SMARTS) is 1. The van der Waals surface area contributed by atoms with Crippen LogP contribution in [0.4, 0.5) is 13.2 Å². The van der Waals surface area contributed by atoms with Gasteiger partial charge in [-0.1, -0.05) is 18.2 Å². The van der Waals surface area contributed by atoms with E-state index in [1.54, 1.807) is 0 Å². The van der Waals surface area contributed by atoms with Gasteiger partial charge < -0.3 is 14.0 Å². The summed E-state index contributed by atoms with van der Waals surface area (Å²) in [5.41, 5.74) is -5.80. The molecule has 0 amide bonds. The fourth-order valence-corrected chi connectivity index (χ4v) is 1.67. The zero-order valence-electron chi connectivity index (χ0n) is 10.4. The third-order valence-electron chi connectivity index (χ3n) is 2.12. The van der Waals surface area contributed by atoms with E-state index in [-0.39, 0.29) is 5.56 Å². The molecule has 0 spiro atoms. The first-order valence-electron chi connectivity index (χ1n) is 5.17. The second-order valence-corrected chi connectivity index (χ2v) is 5.08. The highest BCUT2D eigenvalue weighted by molar-refractivity contribution is 7.88. The van der Waals surface area contributed by atoms with E-state index in [1.807, 2.05) is 0 Å². The van der Waals surface area contributed by atoms with Crippen molar-refractivity contribution in [1.29, 1.82) is 0 Å². The van der Waals surface area contributed by atoms with Gasteiger partial charge in [0.05, 0.1) is 7.11 Å². The van der Waals surface area contributed by atoms with Crippen molar-refractivity contribution in [2.45, 2.75) is 5.51 Å². The highest BCUT2D eigenvalue weighted by Crippen LogP contribution is 2.29. The molecule has 1 aromatic carbocycles. The molecule has 0 saturated carbocycles. The van der Waals surface area contributed by atoms with Gasteiger partial charge in [-0.3, -0.25) is 0 Å². The summed E-state index contributed by atoms with van der Waals surface area (Å²) in [6, 6.07) is 4.70. The third kappa shape index (κ3) is 4.12. The number of carboxylic acids is 1. The Morgan fingerprint density at radius 1 is 1.29 bits per heavy atom. The van der Waals surface area contributed by atoms with E-state index in [0.717, 1.165) is 19.3 Å². The molecule has 0 bridgehead atoms. The molecule has 0 fully saturated rings. The molecular formula is C11H9F3O6S. The fourth-order valence-electron chi connectivity index (χ4n) is 1.19. The van der Waals surface area contributed by atoms with Crippen LogP contribution in [0.15, 0.2) is 30.0 Å². The Balaban J connectivity index is 3.27. The molecule has 0 saturated heterocycles. The second-order valence-electron chi connectivity index (χ2n) is 3.54. The number of methoxy groups -OCH3 is 1. The van der Waals surface area contributed by atoms with Gasteiger partial charge in [-0.25, -0.2) is 4.79 Å². The number of aliphatic carboxylic acids is 1. The number of hydrogen-bond donors (Lipinski definition) is 1. The Hall–Kier alpha value is -2.23. The highest BCUT2D eigenvalue weighted by Gasteiger charge is 2.48. The Morgan fingerprint density at radius 2 is 1.86 bits per heavy atom. The van der Waals surface area contributed by atoms with Gasteiger partial charge in [0.1, 0.15) is 5.75 Å². The lowest BCUT2D eigenvalue weighted by Gasteiger charge is -2.11. The van der Waals surface area contributed by atoms with Crippen molar-refractivity contribution in [1.82, 2.24) is 0 Å². The second kappa shape index (κ2) is 6.04. The van der Waals surface area contributed by atoms with Crippen molar-refractivity contribution < 1.29 is 40.4 Å². The Morgan fingerprint density at radius 3 is 2.33 bits per heavy atom. The van der Waals surface area contributed by atoms with Gasteiger partial charge in [0.15, 0.2) is 0 Å². The lowest BCUT2D eigenvalue weighted by Crippen LogP contribution is -2.28. The zero-order chi connectivity index (χ0) is 16.3. The molecule has 0 aromatic heterocycles. The SMILES string of the molecule is COC(=Cc1ccccc1OS(=O)(=O)C(F)(F)F)C(=O)O. The number of alkyl halides is 3. The average molecular weight is 326 g/mol. The predicted octanol–water partition coefficient (Wildman–Crippen LogP) is 1.99. The predicted molar refractivity (Wildman–Crippen MR) is 64.7 cm³/mol. The smallest absolute Gasteiger partial charge is 0.490 e. The number of benzene rings is 1. The Labute approximate surface area is 117 Å². The van der Waals surface area contributed by atoms with E-state index < -0.39 is 33.1 Å². The summed E-state index contributed by atoms with van der Waals surface area (Å²) in [4.78, 5) is 10.8. The van der Waals surface area contributed by atoms with Gasteiger partial charge in [-0.2, -0.15) is 21.6 Å². The molecule has 21 heavy (non-hydrogen) atoms. The van der Waals surface area contributed by atoms with Crippen LogP contribution in [0.1, 0.15) is 5.56 Å².